The lowest BCUT2D eigenvalue weighted by Gasteiger charge is -2.06. The lowest BCUT2D eigenvalue weighted by atomic mass is 10.2. The van der Waals surface area contributed by atoms with E-state index in [1.54, 1.807) is 6.07 Å². The number of oxazole rings is 1. The summed E-state index contributed by atoms with van der Waals surface area (Å²) in [6, 6.07) is 11.0. The van der Waals surface area contributed by atoms with Gasteiger partial charge in [-0.15, -0.1) is 0 Å². The van der Waals surface area contributed by atoms with Crippen molar-refractivity contribution in [2.45, 2.75) is 18.2 Å². The number of aryl methyl sites for hydroxylation is 1. The summed E-state index contributed by atoms with van der Waals surface area (Å²) >= 11 is 0. The Morgan fingerprint density at radius 2 is 2.00 bits per heavy atom. The molecule has 3 aromatic rings. The van der Waals surface area contributed by atoms with Crippen molar-refractivity contribution in [3.05, 3.63) is 59.7 Å². The highest BCUT2D eigenvalue weighted by Gasteiger charge is 2.15. The molecular weight excluding hydrogens is 319 g/mol. The van der Waals surface area contributed by atoms with Crippen molar-refractivity contribution in [3.8, 4) is 0 Å². The lowest BCUT2D eigenvalue weighted by molar-refractivity contribution is 0.523. The fraction of sp³-hybridized carbons (Fsp3) is 0.188. The molecule has 0 bridgehead atoms. The van der Waals surface area contributed by atoms with Crippen molar-refractivity contribution >= 4 is 21.1 Å². The number of fused-ring (bicyclic) bond motifs is 1. The zero-order valence-corrected chi connectivity index (χ0v) is 13.2. The third kappa shape index (κ3) is 3.40. The maximum absolute atomic E-state index is 13.2. The standard InChI is InChI=1S/C16H15FN2O3S/c1-11-10-12(6-7-13(11)17)23(20,21)18-9-8-16-19-14-4-2-3-5-15(14)22-16/h2-7,10,18H,8-9H2,1H3. The average Bonchev–Trinajstić information content (AvgIpc) is 2.92. The van der Waals surface area contributed by atoms with Gasteiger partial charge < -0.3 is 4.42 Å². The van der Waals surface area contributed by atoms with Gasteiger partial charge in [0.1, 0.15) is 11.3 Å². The van der Waals surface area contributed by atoms with Crippen LogP contribution in [0.15, 0.2) is 51.8 Å². The first-order valence-electron chi connectivity index (χ1n) is 7.06. The molecule has 7 heteroatoms. The normalized spacial score (nSPS) is 11.9. The molecule has 0 radical (unpaired) electrons. The van der Waals surface area contributed by atoms with E-state index in [0.717, 1.165) is 11.6 Å². The molecule has 1 heterocycles. The van der Waals surface area contributed by atoms with Crippen molar-refractivity contribution in [2.24, 2.45) is 0 Å². The second kappa shape index (κ2) is 6.10. The molecule has 5 nitrogen and oxygen atoms in total. The minimum atomic E-state index is -3.69. The van der Waals surface area contributed by atoms with Crippen molar-refractivity contribution in [2.75, 3.05) is 6.54 Å². The van der Waals surface area contributed by atoms with E-state index >= 15 is 0 Å². The fourth-order valence-corrected chi connectivity index (χ4v) is 3.30. The predicted octanol–water partition coefficient (Wildman–Crippen LogP) is 2.80. The van der Waals surface area contributed by atoms with Crippen LogP contribution in [0.2, 0.25) is 0 Å². The summed E-state index contributed by atoms with van der Waals surface area (Å²) in [5, 5.41) is 0. The summed E-state index contributed by atoms with van der Waals surface area (Å²) in [7, 11) is -3.69. The molecule has 0 aliphatic carbocycles. The van der Waals surface area contributed by atoms with Gasteiger partial charge in [0.15, 0.2) is 11.5 Å². The number of hydrogen-bond acceptors (Lipinski definition) is 4. The summed E-state index contributed by atoms with van der Waals surface area (Å²) < 4.78 is 45.6. The van der Waals surface area contributed by atoms with Gasteiger partial charge in [-0.25, -0.2) is 22.5 Å². The van der Waals surface area contributed by atoms with Gasteiger partial charge in [0.2, 0.25) is 10.0 Å². The van der Waals surface area contributed by atoms with Crippen LogP contribution in [-0.2, 0) is 16.4 Å². The second-order valence-corrected chi connectivity index (χ2v) is 6.90. The van der Waals surface area contributed by atoms with E-state index in [1.165, 1.54) is 19.1 Å². The van der Waals surface area contributed by atoms with Gasteiger partial charge in [-0.1, -0.05) is 12.1 Å². The predicted molar refractivity (Wildman–Crippen MR) is 84.0 cm³/mol. The highest BCUT2D eigenvalue weighted by atomic mass is 32.2. The molecule has 0 atom stereocenters. The minimum absolute atomic E-state index is 0.0361. The molecule has 0 fully saturated rings. The van der Waals surface area contributed by atoms with Gasteiger partial charge in [0, 0.05) is 13.0 Å². The van der Waals surface area contributed by atoms with Crippen LogP contribution in [0, 0.1) is 12.7 Å². The smallest absolute Gasteiger partial charge is 0.240 e. The molecular formula is C16H15FN2O3S. The maximum atomic E-state index is 13.2. The monoisotopic (exact) mass is 334 g/mol. The van der Waals surface area contributed by atoms with Crippen LogP contribution in [0.4, 0.5) is 4.39 Å². The Morgan fingerprint density at radius 3 is 2.74 bits per heavy atom. The van der Waals surface area contributed by atoms with Crippen molar-refractivity contribution < 1.29 is 17.2 Å². The average molecular weight is 334 g/mol. The fourth-order valence-electron chi connectivity index (χ4n) is 2.19. The largest absolute Gasteiger partial charge is 0.441 e. The second-order valence-electron chi connectivity index (χ2n) is 5.13. The molecule has 3 rings (SSSR count). The highest BCUT2D eigenvalue weighted by molar-refractivity contribution is 7.89. The Balaban J connectivity index is 1.68. The number of aromatic nitrogens is 1. The van der Waals surface area contributed by atoms with Crippen LogP contribution in [0.3, 0.4) is 0 Å². The Bertz CT molecular complexity index is 918. The SMILES string of the molecule is Cc1cc(S(=O)(=O)NCCc2nc3ccccc3o2)ccc1F. The van der Waals surface area contributed by atoms with Gasteiger partial charge in [0.25, 0.3) is 0 Å². The maximum Gasteiger partial charge on any atom is 0.240 e. The molecule has 0 saturated carbocycles. The molecule has 2 aromatic carbocycles. The Kier molecular flexibility index (Phi) is 4.14. The summed E-state index contributed by atoms with van der Waals surface area (Å²) in [5.41, 5.74) is 1.69. The summed E-state index contributed by atoms with van der Waals surface area (Å²) in [5.74, 6) is 0.0274. The van der Waals surface area contributed by atoms with Crippen LogP contribution in [-0.4, -0.2) is 19.9 Å². The number of nitrogens with one attached hydrogen (secondary N) is 1. The molecule has 1 aromatic heterocycles. The number of para-hydroxylation sites is 2. The minimum Gasteiger partial charge on any atom is -0.441 e. The number of rotatable bonds is 5. The van der Waals surface area contributed by atoms with Crippen LogP contribution in [0.5, 0.6) is 0 Å². The van der Waals surface area contributed by atoms with Gasteiger partial charge in [-0.2, -0.15) is 0 Å². The molecule has 120 valence electrons. The van der Waals surface area contributed by atoms with Gasteiger partial charge in [-0.05, 0) is 42.8 Å². The van der Waals surface area contributed by atoms with Crippen molar-refractivity contribution in [1.29, 1.82) is 0 Å². The molecule has 0 spiro atoms. The zero-order chi connectivity index (χ0) is 16.4. The Hall–Kier alpha value is -2.25. The van der Waals surface area contributed by atoms with E-state index in [0.29, 0.717) is 17.9 Å². The topological polar surface area (TPSA) is 72.2 Å². The first kappa shape index (κ1) is 15.6. The molecule has 0 unspecified atom stereocenters. The quantitative estimate of drug-likeness (QED) is 0.779. The van der Waals surface area contributed by atoms with Crippen LogP contribution in [0.1, 0.15) is 11.5 Å². The molecule has 23 heavy (non-hydrogen) atoms. The number of benzene rings is 2. The molecule has 0 amide bonds. The molecule has 0 aliphatic rings. The number of hydrogen-bond donors (Lipinski definition) is 1. The number of halogens is 1. The Morgan fingerprint density at radius 1 is 1.22 bits per heavy atom. The van der Waals surface area contributed by atoms with Crippen LogP contribution in [0.25, 0.3) is 11.1 Å². The lowest BCUT2D eigenvalue weighted by Crippen LogP contribution is -2.26. The van der Waals surface area contributed by atoms with Gasteiger partial charge in [0.05, 0.1) is 4.90 Å². The third-order valence-corrected chi connectivity index (χ3v) is 4.87. The van der Waals surface area contributed by atoms with Crippen molar-refractivity contribution in [3.63, 3.8) is 0 Å². The summed E-state index contributed by atoms with van der Waals surface area (Å²) in [6.45, 7) is 1.66. The number of sulfonamides is 1. The molecule has 0 saturated heterocycles. The molecule has 1 N–H and O–H groups in total. The first-order valence-corrected chi connectivity index (χ1v) is 8.54. The van der Waals surface area contributed by atoms with E-state index in [9.17, 15) is 12.8 Å². The molecule has 0 aliphatic heterocycles. The van der Waals surface area contributed by atoms with E-state index in [1.807, 2.05) is 18.2 Å². The van der Waals surface area contributed by atoms with E-state index in [-0.39, 0.29) is 17.0 Å². The van der Waals surface area contributed by atoms with Crippen molar-refractivity contribution in [1.82, 2.24) is 9.71 Å². The highest BCUT2D eigenvalue weighted by Crippen LogP contribution is 2.16. The Labute approximate surface area is 133 Å². The number of nitrogens with zero attached hydrogens (tertiary/aromatic N) is 1. The van der Waals surface area contributed by atoms with Crippen LogP contribution < -0.4 is 4.72 Å². The van der Waals surface area contributed by atoms with E-state index in [4.69, 9.17) is 4.42 Å². The van der Waals surface area contributed by atoms with Gasteiger partial charge in [-0.3, -0.25) is 0 Å². The third-order valence-electron chi connectivity index (χ3n) is 3.41. The van der Waals surface area contributed by atoms with E-state index < -0.39 is 15.8 Å². The first-order chi connectivity index (χ1) is 11.0. The summed E-state index contributed by atoms with van der Waals surface area (Å²) in [4.78, 5) is 4.32. The van der Waals surface area contributed by atoms with Crippen LogP contribution >= 0.6 is 0 Å². The van der Waals surface area contributed by atoms with Gasteiger partial charge >= 0.3 is 0 Å². The van der Waals surface area contributed by atoms with E-state index in [2.05, 4.69) is 9.71 Å². The summed E-state index contributed by atoms with van der Waals surface area (Å²) in [6.07, 6.45) is 0.327. The zero-order valence-electron chi connectivity index (χ0n) is 12.4.